The van der Waals surface area contributed by atoms with Gasteiger partial charge in [-0.25, -0.2) is 44.9 Å². The molecule has 5 N–H and O–H groups in total. The first-order chi connectivity index (χ1) is 40.2. The highest BCUT2D eigenvalue weighted by molar-refractivity contribution is 6.33. The van der Waals surface area contributed by atoms with Crippen molar-refractivity contribution in [2.75, 3.05) is 22.6 Å². The van der Waals surface area contributed by atoms with E-state index in [2.05, 4.69) is 60.8 Å². The van der Waals surface area contributed by atoms with Crippen molar-refractivity contribution >= 4 is 138 Å². The van der Waals surface area contributed by atoms with Crippen LogP contribution in [0.25, 0.3) is 22.1 Å². The Labute approximate surface area is 509 Å². The summed E-state index contributed by atoms with van der Waals surface area (Å²) in [6, 6.07) is 10.3. The maximum Gasteiger partial charge on any atom is 0.426 e. The fourth-order valence-electron chi connectivity index (χ4n) is 9.27. The Morgan fingerprint density at radius 3 is 1.12 bits per heavy atom. The van der Waals surface area contributed by atoms with Gasteiger partial charge in [0.1, 0.15) is 34.9 Å². The molecule has 1 unspecified atom stereocenters. The van der Waals surface area contributed by atoms with Crippen LogP contribution < -0.4 is 16.0 Å². The summed E-state index contributed by atoms with van der Waals surface area (Å²) >= 11 is 40.4. The monoisotopic (exact) mass is 1340 g/mol. The van der Waals surface area contributed by atoms with Crippen molar-refractivity contribution in [2.24, 2.45) is 5.92 Å². The maximum absolute atomic E-state index is 14.4. The number of nitrogens with zero attached hydrogens (tertiary/aromatic N) is 9. The normalized spacial score (nSPS) is 16.9. The van der Waals surface area contributed by atoms with Crippen molar-refractivity contribution in [3.8, 4) is 0 Å². The lowest BCUT2D eigenvalue weighted by molar-refractivity contribution is -0.268. The Morgan fingerprint density at radius 1 is 0.442 bits per heavy atom. The zero-order valence-corrected chi connectivity index (χ0v) is 47.3. The SMILES string of the molecule is FC(F)(F)C1(OCC2CC2)c2cc(Cl)cnc2Nc2ncc(Cl)cc21.FC(F)(F)c1c2cc(Cl)cnc2nc2ncc(Cl)cc12.OC1(C(F)(F)F)c2cc(Cl)cnc2Nc2ncc(Cl)cc21.OC1(C(F)(F)F)c2cccnc2Nc2ncc(Cl)cc21. The molecule has 1 saturated carbocycles. The highest BCUT2D eigenvalue weighted by Gasteiger charge is 2.64. The van der Waals surface area contributed by atoms with E-state index in [1.807, 2.05) is 0 Å². The van der Waals surface area contributed by atoms with E-state index < -0.39 is 63.8 Å². The number of ether oxygens (including phenoxy) is 1. The largest absolute Gasteiger partial charge is 0.426 e. The lowest BCUT2D eigenvalue weighted by atomic mass is 9.83. The first-order valence-corrected chi connectivity index (χ1v) is 26.7. The molecule has 13 rings (SSSR count). The quantitative estimate of drug-likeness (QED) is 0.0825. The molecule has 12 heterocycles. The van der Waals surface area contributed by atoms with Crippen LogP contribution in [-0.2, 0) is 27.7 Å². The Morgan fingerprint density at radius 2 is 0.767 bits per heavy atom. The number of halogens is 19. The number of hydrogen-bond acceptors (Lipinski definition) is 15. The van der Waals surface area contributed by atoms with Gasteiger partial charge in [-0.15, -0.1) is 0 Å². The zero-order chi connectivity index (χ0) is 62.3. The molecule has 0 saturated heterocycles. The molecular weight excluding hydrogens is 1320 g/mol. The summed E-state index contributed by atoms with van der Waals surface area (Å²) in [5.41, 5.74) is -12.4. The van der Waals surface area contributed by atoms with E-state index in [4.69, 9.17) is 85.9 Å². The molecule has 1 fully saturated rings. The van der Waals surface area contributed by atoms with Gasteiger partial charge in [0.05, 0.1) is 47.3 Å². The van der Waals surface area contributed by atoms with Gasteiger partial charge in [0, 0.05) is 93.7 Å². The highest BCUT2D eigenvalue weighted by atomic mass is 35.5. The van der Waals surface area contributed by atoms with E-state index in [0.717, 1.165) is 37.1 Å². The van der Waals surface area contributed by atoms with Crippen LogP contribution in [0.4, 0.5) is 87.6 Å². The zero-order valence-electron chi connectivity index (χ0n) is 42.0. The Balaban J connectivity index is 0.000000128. The van der Waals surface area contributed by atoms with Gasteiger partial charge < -0.3 is 30.9 Å². The third kappa shape index (κ3) is 11.6. The fourth-order valence-corrected chi connectivity index (χ4v) is 10.4. The van der Waals surface area contributed by atoms with Crippen molar-refractivity contribution in [1.82, 2.24) is 44.9 Å². The minimum Gasteiger partial charge on any atom is -0.372 e. The second-order valence-electron chi connectivity index (χ2n) is 18.9. The van der Waals surface area contributed by atoms with Gasteiger partial charge in [-0.05, 0) is 67.3 Å². The molecule has 0 aromatic carbocycles. The summed E-state index contributed by atoms with van der Waals surface area (Å²) in [5.74, 6) is -0.391. The van der Waals surface area contributed by atoms with E-state index in [-0.39, 0.29) is 121 Å². The van der Waals surface area contributed by atoms with Gasteiger partial charge in [0.15, 0.2) is 11.3 Å². The predicted molar refractivity (Wildman–Crippen MR) is 294 cm³/mol. The van der Waals surface area contributed by atoms with Crippen molar-refractivity contribution in [1.29, 1.82) is 0 Å². The fraction of sp³-hybridized carbons (Fsp3) is 0.212. The third-order valence-electron chi connectivity index (χ3n) is 13.3. The molecule has 9 aromatic heterocycles. The van der Waals surface area contributed by atoms with Crippen LogP contribution in [0.3, 0.4) is 0 Å². The van der Waals surface area contributed by atoms with E-state index in [1.165, 1.54) is 79.9 Å². The molecule has 9 aromatic rings. The lowest BCUT2D eigenvalue weighted by Crippen LogP contribution is -2.49. The second kappa shape index (κ2) is 22.8. The van der Waals surface area contributed by atoms with Gasteiger partial charge in [-0.2, -0.15) is 52.7 Å². The Hall–Kier alpha value is -6.66. The molecule has 0 bridgehead atoms. The molecule has 86 heavy (non-hydrogen) atoms. The molecule has 3 aliphatic heterocycles. The van der Waals surface area contributed by atoms with Crippen molar-refractivity contribution in [2.45, 2.75) is 54.3 Å². The van der Waals surface area contributed by atoms with Gasteiger partial charge >= 0.3 is 24.7 Å². The number of hydrogen-bond donors (Lipinski definition) is 5. The topological polar surface area (TPSA) is 202 Å². The second-order valence-corrected chi connectivity index (χ2v) is 22.0. The molecule has 4 aliphatic rings. The van der Waals surface area contributed by atoms with Crippen LogP contribution in [0, 0.1) is 5.92 Å². The van der Waals surface area contributed by atoms with E-state index >= 15 is 0 Å². The lowest BCUT2D eigenvalue weighted by Gasteiger charge is -2.40. The third-order valence-corrected chi connectivity index (χ3v) is 14.7. The minimum atomic E-state index is -5.00. The Kier molecular flexibility index (Phi) is 16.5. The number of pyridine rings is 9. The summed E-state index contributed by atoms with van der Waals surface area (Å²) < 4.78 is 170. The molecule has 1 atom stereocenters. The first-order valence-electron chi connectivity index (χ1n) is 24.1. The maximum atomic E-state index is 14.4. The number of fused-ring (bicyclic) bond motifs is 8. The van der Waals surface area contributed by atoms with Crippen LogP contribution >= 0.6 is 81.2 Å². The number of nitrogens with one attached hydrogen (secondary N) is 3. The van der Waals surface area contributed by atoms with Gasteiger partial charge in [0.2, 0.25) is 16.8 Å². The summed E-state index contributed by atoms with van der Waals surface area (Å²) in [7, 11) is 0. The van der Waals surface area contributed by atoms with Crippen molar-refractivity contribution in [3.05, 3.63) is 178 Å². The van der Waals surface area contributed by atoms with Crippen LogP contribution in [-0.4, -0.2) is 80.2 Å². The summed E-state index contributed by atoms with van der Waals surface area (Å²) in [4.78, 5) is 34.7. The first kappa shape index (κ1) is 62.4. The molecule has 448 valence electrons. The average Bonchev–Trinajstić information content (AvgIpc) is 0.932. The molecule has 0 amide bonds. The molecule has 15 nitrogen and oxygen atoms in total. The number of aromatic nitrogens is 9. The summed E-state index contributed by atoms with van der Waals surface area (Å²) in [5, 5.41) is 28.8. The standard InChI is InChI=1S/C16H12Cl2F3N3O.C12H6Cl2F3N3O.C12H4Cl2F3N3.C12H7ClF3N3O/c17-9-3-11-13(22-5-9)24-14-12(4-10(18)6-23-14)15(11,16(19,20)21)25-7-8-1-2-8;13-5-1-7-9(18-3-5)20-10-8(2-6(14)4-19-10)11(7,21)12(15,16)17;13-5-1-7-9(12(15,16)17)8-2-6(14)4-19-11(8)20-10(7)18-3-5;13-6-4-8-10(18-5-6)19-9-7(2-1-3-17-9)11(8,20)12(14,15)16/h3-6,8H,1-2,7H2,(H,22,23,24);1-4,21H,(H,18,19,20);1-4H;1-5,20H,(H,17,18,19). The number of alkyl halides is 12. The Bertz CT molecular complexity index is 3990. The van der Waals surface area contributed by atoms with Crippen LogP contribution in [0.5, 0.6) is 0 Å². The smallest absolute Gasteiger partial charge is 0.372 e. The van der Waals surface area contributed by atoms with E-state index in [9.17, 15) is 62.9 Å². The van der Waals surface area contributed by atoms with Gasteiger partial charge in [-0.3, -0.25) is 0 Å². The molecule has 0 radical (unpaired) electrons. The average molecular weight is 1350 g/mol. The van der Waals surface area contributed by atoms with Crippen molar-refractivity contribution < 1.29 is 67.6 Å². The predicted octanol–water partition coefficient (Wildman–Crippen LogP) is 16.2. The number of aliphatic hydroxyl groups is 2. The number of rotatable bonds is 3. The van der Waals surface area contributed by atoms with Crippen molar-refractivity contribution in [3.63, 3.8) is 0 Å². The number of anilines is 6. The van der Waals surface area contributed by atoms with E-state index in [0.29, 0.717) is 0 Å². The van der Waals surface area contributed by atoms with Crippen LogP contribution in [0.15, 0.2) is 104 Å². The minimum absolute atomic E-state index is 0.000523. The van der Waals surface area contributed by atoms with Gasteiger partial charge in [-0.1, -0.05) is 87.3 Å². The van der Waals surface area contributed by atoms with Crippen LogP contribution in [0.2, 0.25) is 35.2 Å². The van der Waals surface area contributed by atoms with Gasteiger partial charge in [0.25, 0.3) is 0 Å². The molecular formula is C52H29Cl7F12N12O3. The summed E-state index contributed by atoms with van der Waals surface area (Å²) in [6.45, 7) is -0.0165. The highest BCUT2D eigenvalue weighted by Crippen LogP contribution is 2.57. The molecule has 34 heteroatoms. The molecule has 1 aliphatic carbocycles. The molecule has 0 spiro atoms. The van der Waals surface area contributed by atoms with E-state index in [1.54, 1.807) is 0 Å². The van der Waals surface area contributed by atoms with Crippen LogP contribution in [0.1, 0.15) is 51.8 Å². The summed E-state index contributed by atoms with van der Waals surface area (Å²) in [6.07, 6.45) is -7.71.